The molecular weight excluding hydrogens is 336 g/mol. The van der Waals surface area contributed by atoms with Gasteiger partial charge >= 0.3 is 10.2 Å². The minimum Gasteiger partial charge on any atom is -0.325 e. The Hall–Kier alpha value is -1.26. The molecule has 1 aliphatic heterocycles. The molecule has 0 bridgehead atoms. The van der Waals surface area contributed by atoms with E-state index in [4.69, 9.17) is 11.6 Å². The van der Waals surface area contributed by atoms with Gasteiger partial charge in [0.15, 0.2) is 11.7 Å². The second-order valence-corrected chi connectivity index (χ2v) is 7.03. The zero-order chi connectivity index (χ0) is 15.5. The Kier molecular flexibility index (Phi) is 5.12. The van der Waals surface area contributed by atoms with Crippen molar-refractivity contribution in [3.8, 4) is 0 Å². The smallest absolute Gasteiger partial charge is 0.324 e. The summed E-state index contributed by atoms with van der Waals surface area (Å²) in [5.74, 6) is 1.87. The number of thioether (sulfide) groups is 1. The van der Waals surface area contributed by atoms with Gasteiger partial charge in [-0.3, -0.25) is 9.98 Å². The van der Waals surface area contributed by atoms with Gasteiger partial charge in [-0.15, -0.1) is 0 Å². The molecule has 2 heterocycles. The van der Waals surface area contributed by atoms with Gasteiger partial charge in [0.2, 0.25) is 0 Å². The lowest BCUT2D eigenvalue weighted by Gasteiger charge is -1.99. The van der Waals surface area contributed by atoms with E-state index in [1.54, 1.807) is 22.7 Å². The van der Waals surface area contributed by atoms with E-state index in [0.717, 1.165) is 11.4 Å². The highest BCUT2D eigenvalue weighted by Gasteiger charge is 2.27. The molecule has 1 aromatic rings. The largest absolute Gasteiger partial charge is 0.325 e. The standard InChI is InChI=1S/C10H15ClN6O2S2/c1-12-9-10(16-21(18,19)15-9)13-3-4-20-5-7-8(11)17(2)6-14-7/h6H,3-5H2,1-2H3,(H,12,15)(H,13,16). The van der Waals surface area contributed by atoms with Crippen LogP contribution in [0.15, 0.2) is 16.3 Å². The van der Waals surface area contributed by atoms with E-state index in [2.05, 4.69) is 24.4 Å². The first-order chi connectivity index (χ1) is 9.93. The quantitative estimate of drug-likeness (QED) is 0.739. The van der Waals surface area contributed by atoms with Crippen molar-refractivity contribution >= 4 is 45.2 Å². The molecule has 0 spiro atoms. The van der Waals surface area contributed by atoms with Crippen LogP contribution in [0.2, 0.25) is 5.15 Å². The Bertz CT molecular complexity index is 682. The van der Waals surface area contributed by atoms with E-state index in [9.17, 15) is 8.42 Å². The van der Waals surface area contributed by atoms with Crippen molar-refractivity contribution in [2.24, 2.45) is 17.0 Å². The maximum atomic E-state index is 11.3. The van der Waals surface area contributed by atoms with Gasteiger partial charge in [0.1, 0.15) is 5.15 Å². The Labute approximate surface area is 132 Å². The normalized spacial score (nSPS) is 20.7. The first-order valence-corrected chi connectivity index (χ1v) is 9.00. The van der Waals surface area contributed by atoms with Crippen molar-refractivity contribution in [2.45, 2.75) is 5.75 Å². The Morgan fingerprint density at radius 3 is 2.76 bits per heavy atom. The number of rotatable bonds is 5. The molecule has 1 aliphatic rings. The highest BCUT2D eigenvalue weighted by molar-refractivity contribution is 7.98. The monoisotopic (exact) mass is 350 g/mol. The fourth-order valence-electron chi connectivity index (χ4n) is 1.59. The van der Waals surface area contributed by atoms with Gasteiger partial charge in [0, 0.05) is 25.6 Å². The van der Waals surface area contributed by atoms with Crippen LogP contribution in [-0.4, -0.2) is 49.0 Å². The van der Waals surface area contributed by atoms with Gasteiger partial charge in [0.05, 0.1) is 18.6 Å². The van der Waals surface area contributed by atoms with Gasteiger partial charge in [-0.25, -0.2) is 14.4 Å². The molecule has 0 aliphatic carbocycles. The van der Waals surface area contributed by atoms with Crippen LogP contribution < -0.4 is 9.44 Å². The molecule has 1 fully saturated rings. The third kappa shape index (κ3) is 4.11. The Morgan fingerprint density at radius 2 is 2.14 bits per heavy atom. The highest BCUT2D eigenvalue weighted by atomic mass is 35.5. The van der Waals surface area contributed by atoms with E-state index in [1.807, 2.05) is 7.05 Å². The molecule has 8 nitrogen and oxygen atoms in total. The summed E-state index contributed by atoms with van der Waals surface area (Å²) in [6.07, 6.45) is 1.67. The van der Waals surface area contributed by atoms with Crippen LogP contribution in [0, 0.1) is 0 Å². The molecule has 0 radical (unpaired) electrons. The van der Waals surface area contributed by atoms with Crippen molar-refractivity contribution in [1.82, 2.24) is 19.0 Å². The van der Waals surface area contributed by atoms with Crippen molar-refractivity contribution in [3.05, 3.63) is 17.2 Å². The number of nitrogens with one attached hydrogen (secondary N) is 2. The molecule has 0 atom stereocenters. The summed E-state index contributed by atoms with van der Waals surface area (Å²) in [5, 5.41) is 0.627. The number of halogens is 1. The highest BCUT2D eigenvalue weighted by Crippen LogP contribution is 2.18. The van der Waals surface area contributed by atoms with Crippen LogP contribution in [0.5, 0.6) is 0 Å². The average molecular weight is 351 g/mol. The lowest BCUT2D eigenvalue weighted by atomic mass is 10.5. The maximum absolute atomic E-state index is 11.3. The van der Waals surface area contributed by atoms with Gasteiger partial charge in [-0.05, 0) is 0 Å². The van der Waals surface area contributed by atoms with E-state index < -0.39 is 10.2 Å². The second kappa shape index (κ2) is 6.67. The van der Waals surface area contributed by atoms with Gasteiger partial charge < -0.3 is 4.57 Å². The summed E-state index contributed by atoms with van der Waals surface area (Å²) >= 11 is 7.67. The fourth-order valence-corrected chi connectivity index (χ4v) is 3.50. The fraction of sp³-hybridized carbons (Fsp3) is 0.500. The van der Waals surface area contributed by atoms with E-state index in [0.29, 0.717) is 17.5 Å². The molecule has 2 N–H and O–H groups in total. The summed E-state index contributed by atoms with van der Waals surface area (Å²) in [5.41, 5.74) is 0.830. The molecule has 1 saturated heterocycles. The van der Waals surface area contributed by atoms with Crippen molar-refractivity contribution in [3.63, 3.8) is 0 Å². The lowest BCUT2D eigenvalue weighted by molar-refractivity contribution is 0.591. The predicted molar refractivity (Wildman–Crippen MR) is 85.2 cm³/mol. The predicted octanol–water partition coefficient (Wildman–Crippen LogP) is 0.171. The first-order valence-electron chi connectivity index (χ1n) is 5.98. The van der Waals surface area contributed by atoms with Crippen LogP contribution in [0.1, 0.15) is 5.69 Å². The summed E-state index contributed by atoms with van der Waals surface area (Å²) in [6, 6.07) is 0. The number of amidine groups is 2. The van der Waals surface area contributed by atoms with E-state index in [1.165, 1.54) is 7.05 Å². The minimum atomic E-state index is -3.54. The zero-order valence-electron chi connectivity index (χ0n) is 11.5. The molecule has 11 heteroatoms. The molecule has 2 rings (SSSR count). The number of aryl methyl sites for hydroxylation is 1. The molecule has 0 amide bonds. The molecule has 21 heavy (non-hydrogen) atoms. The van der Waals surface area contributed by atoms with Crippen LogP contribution in [0.25, 0.3) is 0 Å². The number of imidazole rings is 1. The van der Waals surface area contributed by atoms with Gasteiger partial charge in [0.25, 0.3) is 0 Å². The molecule has 1 aromatic heterocycles. The Balaban J connectivity index is 1.82. The van der Waals surface area contributed by atoms with Crippen molar-refractivity contribution in [1.29, 1.82) is 0 Å². The lowest BCUT2D eigenvalue weighted by Crippen LogP contribution is -2.24. The Morgan fingerprint density at radius 1 is 1.43 bits per heavy atom. The summed E-state index contributed by atoms with van der Waals surface area (Å²) in [4.78, 5) is 12.2. The second-order valence-electron chi connectivity index (χ2n) is 4.16. The van der Waals surface area contributed by atoms with Crippen LogP contribution in [-0.2, 0) is 23.0 Å². The summed E-state index contributed by atoms with van der Waals surface area (Å²) < 4.78 is 28.9. The molecule has 0 aromatic carbocycles. The maximum Gasteiger partial charge on any atom is 0.324 e. The SMILES string of the molecule is CN=C1NS(=O)(=O)NC1=NCCSCc1ncn(C)c1Cl. The van der Waals surface area contributed by atoms with Crippen LogP contribution >= 0.6 is 23.4 Å². The third-order valence-electron chi connectivity index (χ3n) is 2.59. The molecule has 0 unspecified atom stereocenters. The van der Waals surface area contributed by atoms with Crippen molar-refractivity contribution in [2.75, 3.05) is 19.3 Å². The summed E-state index contributed by atoms with van der Waals surface area (Å²) in [7, 11) is -0.212. The first kappa shape index (κ1) is 16.1. The molecular formula is C10H15ClN6O2S2. The third-order valence-corrected chi connectivity index (χ3v) is 4.95. The number of aromatic nitrogens is 2. The van der Waals surface area contributed by atoms with Crippen LogP contribution in [0.4, 0.5) is 0 Å². The number of hydrogen-bond donors (Lipinski definition) is 2. The molecule has 0 saturated carbocycles. The number of nitrogens with zero attached hydrogens (tertiary/aromatic N) is 4. The molecule has 116 valence electrons. The van der Waals surface area contributed by atoms with Crippen LogP contribution in [0.3, 0.4) is 0 Å². The van der Waals surface area contributed by atoms with E-state index in [-0.39, 0.29) is 11.7 Å². The average Bonchev–Trinajstić information content (AvgIpc) is 2.91. The van der Waals surface area contributed by atoms with Gasteiger partial charge in [-0.1, -0.05) is 11.6 Å². The van der Waals surface area contributed by atoms with E-state index >= 15 is 0 Å². The summed E-state index contributed by atoms with van der Waals surface area (Å²) in [6.45, 7) is 0.466. The number of aliphatic imine (C=N–C) groups is 2. The van der Waals surface area contributed by atoms with Crippen molar-refractivity contribution < 1.29 is 8.42 Å². The zero-order valence-corrected chi connectivity index (χ0v) is 13.9. The minimum absolute atomic E-state index is 0.229. The van der Waals surface area contributed by atoms with Gasteiger partial charge in [-0.2, -0.15) is 20.2 Å². The topological polar surface area (TPSA) is 101 Å². The number of hydrogen-bond acceptors (Lipinski definition) is 6.